The third kappa shape index (κ3) is 5.35. The molecule has 24 heavy (non-hydrogen) atoms. The summed E-state index contributed by atoms with van der Waals surface area (Å²) in [5.74, 6) is -0.298. The smallest absolute Gasteiger partial charge is 0.408 e. The minimum atomic E-state index is -0.926. The Hall–Kier alpha value is -2.96. The van der Waals surface area contributed by atoms with Crippen LogP contribution < -0.4 is 10.6 Å². The Morgan fingerprint density at radius 1 is 1.04 bits per heavy atom. The lowest BCUT2D eigenvalue weighted by molar-refractivity contribution is -0.118. The molecule has 2 amide bonds. The Morgan fingerprint density at radius 2 is 1.67 bits per heavy atom. The maximum Gasteiger partial charge on any atom is 0.408 e. The third-order valence-corrected chi connectivity index (χ3v) is 2.86. The molecule has 2 rings (SSSR count). The maximum atomic E-state index is 12.6. The van der Waals surface area contributed by atoms with Crippen LogP contribution >= 0.6 is 0 Å². The molecule has 1 aromatic carbocycles. The largest absolute Gasteiger partial charge is 0.444 e. The number of ether oxygens (including phenoxy) is 1. The first-order chi connectivity index (χ1) is 11.3. The molecule has 0 fully saturated rings. The van der Waals surface area contributed by atoms with Gasteiger partial charge in [0.05, 0.1) is 0 Å². The lowest BCUT2D eigenvalue weighted by Crippen LogP contribution is -2.40. The highest BCUT2D eigenvalue weighted by atomic mass is 16.6. The van der Waals surface area contributed by atoms with Crippen molar-refractivity contribution in [2.24, 2.45) is 0 Å². The lowest BCUT2D eigenvalue weighted by atomic mass is 10.1. The summed E-state index contributed by atoms with van der Waals surface area (Å²) in [5.41, 5.74) is -0.0403. The van der Waals surface area contributed by atoms with Crippen LogP contribution in [-0.4, -0.2) is 27.6 Å². The van der Waals surface area contributed by atoms with Crippen molar-refractivity contribution >= 4 is 17.9 Å². The van der Waals surface area contributed by atoms with E-state index in [1.165, 1.54) is 12.4 Å². The highest BCUT2D eigenvalue weighted by molar-refractivity contribution is 5.96. The number of anilines is 1. The molecule has 1 aromatic heterocycles. The topological polar surface area (TPSA) is 93.2 Å². The summed E-state index contributed by atoms with van der Waals surface area (Å²) in [6.45, 7) is 5.26. The van der Waals surface area contributed by atoms with E-state index in [4.69, 9.17) is 4.74 Å². The molecule has 0 aliphatic carbocycles. The highest BCUT2D eigenvalue weighted by Gasteiger charge is 2.26. The quantitative estimate of drug-likeness (QED) is 0.900. The molecule has 0 aliphatic heterocycles. The normalized spacial score (nSPS) is 12.1. The molecule has 7 heteroatoms. The molecule has 0 bridgehead atoms. The van der Waals surface area contributed by atoms with E-state index in [-0.39, 0.29) is 5.95 Å². The standard InChI is InChI=1S/C17H20N4O3/c1-17(2,3)24-16(23)20-13(12-8-5-4-6-9-12)14(22)21-15-18-10-7-11-19-15/h4-11,13H,1-3H3,(H,20,23)(H,18,19,21,22)/t13-/m0/s1. The number of rotatable bonds is 4. The maximum absolute atomic E-state index is 12.6. The number of hydrogen-bond acceptors (Lipinski definition) is 5. The van der Waals surface area contributed by atoms with Crippen molar-refractivity contribution in [3.63, 3.8) is 0 Å². The van der Waals surface area contributed by atoms with E-state index in [0.29, 0.717) is 5.56 Å². The van der Waals surface area contributed by atoms with Crippen LogP contribution in [0.1, 0.15) is 32.4 Å². The second-order valence-corrected chi connectivity index (χ2v) is 6.05. The predicted octanol–water partition coefficient (Wildman–Crippen LogP) is 2.68. The van der Waals surface area contributed by atoms with Crippen LogP contribution in [0, 0.1) is 0 Å². The first-order valence-corrected chi connectivity index (χ1v) is 7.47. The molecule has 0 radical (unpaired) electrons. The van der Waals surface area contributed by atoms with E-state index in [1.807, 2.05) is 6.07 Å². The van der Waals surface area contributed by atoms with Crippen molar-refractivity contribution < 1.29 is 14.3 Å². The van der Waals surface area contributed by atoms with Gasteiger partial charge in [0, 0.05) is 12.4 Å². The van der Waals surface area contributed by atoms with Gasteiger partial charge in [-0.2, -0.15) is 0 Å². The van der Waals surface area contributed by atoms with Gasteiger partial charge in [-0.15, -0.1) is 0 Å². The van der Waals surface area contributed by atoms with Gasteiger partial charge in [-0.05, 0) is 32.4 Å². The van der Waals surface area contributed by atoms with E-state index < -0.39 is 23.6 Å². The Bertz CT molecular complexity index is 684. The van der Waals surface area contributed by atoms with Crippen molar-refractivity contribution in [3.8, 4) is 0 Å². The van der Waals surface area contributed by atoms with Crippen LogP contribution in [0.5, 0.6) is 0 Å². The van der Waals surface area contributed by atoms with Crippen LogP contribution in [0.25, 0.3) is 0 Å². The Balaban J connectivity index is 2.17. The second-order valence-electron chi connectivity index (χ2n) is 6.05. The number of carbonyl (C=O) groups is 2. The minimum Gasteiger partial charge on any atom is -0.444 e. The van der Waals surface area contributed by atoms with E-state index in [1.54, 1.807) is 51.1 Å². The van der Waals surface area contributed by atoms with Crippen molar-refractivity contribution in [1.29, 1.82) is 0 Å². The van der Waals surface area contributed by atoms with Gasteiger partial charge in [-0.3, -0.25) is 10.1 Å². The van der Waals surface area contributed by atoms with Crippen LogP contribution in [-0.2, 0) is 9.53 Å². The van der Waals surface area contributed by atoms with Crippen LogP contribution in [0.15, 0.2) is 48.8 Å². The third-order valence-electron chi connectivity index (χ3n) is 2.86. The second kappa shape index (κ2) is 7.54. The molecule has 7 nitrogen and oxygen atoms in total. The first kappa shape index (κ1) is 17.4. The van der Waals surface area contributed by atoms with Gasteiger partial charge in [0.2, 0.25) is 5.95 Å². The van der Waals surface area contributed by atoms with E-state index in [9.17, 15) is 9.59 Å². The first-order valence-electron chi connectivity index (χ1n) is 7.47. The Kier molecular flexibility index (Phi) is 5.47. The summed E-state index contributed by atoms with van der Waals surface area (Å²) in [6, 6.07) is 9.60. The number of hydrogen-bond donors (Lipinski definition) is 2. The van der Waals surface area contributed by atoms with Gasteiger partial charge < -0.3 is 10.1 Å². The fourth-order valence-corrected chi connectivity index (χ4v) is 1.92. The average molecular weight is 328 g/mol. The number of benzene rings is 1. The van der Waals surface area contributed by atoms with Gasteiger partial charge in [0.25, 0.3) is 5.91 Å². The molecule has 0 saturated heterocycles. The zero-order valence-electron chi connectivity index (χ0n) is 13.8. The summed E-state index contributed by atoms with van der Waals surface area (Å²) in [4.78, 5) is 32.5. The molecule has 1 atom stereocenters. The average Bonchev–Trinajstić information content (AvgIpc) is 2.52. The molecular formula is C17H20N4O3. The fraction of sp³-hybridized carbons (Fsp3) is 0.294. The molecule has 0 spiro atoms. The van der Waals surface area contributed by atoms with Gasteiger partial charge in [-0.1, -0.05) is 30.3 Å². The van der Waals surface area contributed by atoms with Crippen molar-refractivity contribution in [3.05, 3.63) is 54.4 Å². The Morgan fingerprint density at radius 3 is 2.25 bits per heavy atom. The van der Waals surface area contributed by atoms with Gasteiger partial charge in [0.1, 0.15) is 11.6 Å². The Labute approximate surface area is 140 Å². The van der Waals surface area contributed by atoms with Gasteiger partial charge >= 0.3 is 6.09 Å². The van der Waals surface area contributed by atoms with Crippen molar-refractivity contribution in [2.45, 2.75) is 32.4 Å². The molecule has 2 aromatic rings. The monoisotopic (exact) mass is 328 g/mol. The summed E-state index contributed by atoms with van der Waals surface area (Å²) < 4.78 is 5.23. The molecule has 0 unspecified atom stereocenters. The van der Waals surface area contributed by atoms with Crippen LogP contribution in [0.4, 0.5) is 10.7 Å². The zero-order chi connectivity index (χ0) is 17.6. The molecule has 126 valence electrons. The van der Waals surface area contributed by atoms with Crippen LogP contribution in [0.3, 0.4) is 0 Å². The molecule has 0 saturated carbocycles. The molecule has 0 aliphatic rings. The summed E-state index contributed by atoms with van der Waals surface area (Å²) >= 11 is 0. The number of amides is 2. The van der Waals surface area contributed by atoms with Gasteiger partial charge in [0.15, 0.2) is 0 Å². The van der Waals surface area contributed by atoms with Crippen molar-refractivity contribution in [2.75, 3.05) is 5.32 Å². The molecule has 2 N–H and O–H groups in total. The molecule has 1 heterocycles. The van der Waals surface area contributed by atoms with Crippen LogP contribution in [0.2, 0.25) is 0 Å². The number of aromatic nitrogens is 2. The van der Waals surface area contributed by atoms with Crippen molar-refractivity contribution in [1.82, 2.24) is 15.3 Å². The zero-order valence-corrected chi connectivity index (χ0v) is 13.8. The minimum absolute atomic E-state index is 0.161. The summed E-state index contributed by atoms with van der Waals surface area (Å²) in [5, 5.41) is 5.16. The summed E-state index contributed by atoms with van der Waals surface area (Å²) in [7, 11) is 0. The number of nitrogens with one attached hydrogen (secondary N) is 2. The SMILES string of the molecule is CC(C)(C)OC(=O)N[C@H](C(=O)Nc1ncccn1)c1ccccc1. The number of carbonyl (C=O) groups excluding carboxylic acids is 2. The van der Waals surface area contributed by atoms with E-state index >= 15 is 0 Å². The van der Waals surface area contributed by atoms with E-state index in [0.717, 1.165) is 0 Å². The van der Waals surface area contributed by atoms with E-state index in [2.05, 4.69) is 20.6 Å². The molecular weight excluding hydrogens is 308 g/mol. The summed E-state index contributed by atoms with van der Waals surface area (Å²) in [6.07, 6.45) is 2.35. The van der Waals surface area contributed by atoms with Gasteiger partial charge in [-0.25, -0.2) is 14.8 Å². The highest BCUT2D eigenvalue weighted by Crippen LogP contribution is 2.16. The lowest BCUT2D eigenvalue weighted by Gasteiger charge is -2.23. The number of alkyl carbamates (subject to hydrolysis) is 1. The fourth-order valence-electron chi connectivity index (χ4n) is 1.92. The predicted molar refractivity (Wildman–Crippen MR) is 89.2 cm³/mol. The number of nitrogens with zero attached hydrogens (tertiary/aromatic N) is 2.